The molecule has 0 saturated heterocycles. The minimum atomic E-state index is 0.745. The Morgan fingerprint density at radius 2 is 2.00 bits per heavy atom. The molecule has 0 aliphatic carbocycles. The lowest BCUT2D eigenvalue weighted by molar-refractivity contribution is 0.143. The van der Waals surface area contributed by atoms with Gasteiger partial charge < -0.3 is 9.15 Å². The Bertz CT molecular complexity index is 554. The number of thioether (sulfide) groups is 1. The molecular weight excluding hydrogens is 294 g/mol. The van der Waals surface area contributed by atoms with Crippen LogP contribution in [0.4, 0.5) is 0 Å². The average Bonchev–Trinajstić information content (AvgIpc) is 3.01. The molecule has 0 unspecified atom stereocenters. The fraction of sp³-hybridized carbons (Fsp3) is 0.444. The zero-order valence-electron chi connectivity index (χ0n) is 13.7. The van der Waals surface area contributed by atoms with Crippen molar-refractivity contribution in [3.05, 3.63) is 53.5 Å². The SMILES string of the molecule is COCCN(CCSc1ccc(C)c(C)c1)Cc1ccco1. The van der Waals surface area contributed by atoms with Crippen LogP contribution in [0.1, 0.15) is 16.9 Å². The Balaban J connectivity index is 1.83. The summed E-state index contributed by atoms with van der Waals surface area (Å²) >= 11 is 1.90. The molecule has 2 rings (SSSR count). The van der Waals surface area contributed by atoms with Crippen LogP contribution in [0.15, 0.2) is 45.9 Å². The molecule has 0 N–H and O–H groups in total. The number of hydrogen-bond donors (Lipinski definition) is 0. The van der Waals surface area contributed by atoms with E-state index in [-0.39, 0.29) is 0 Å². The Morgan fingerprint density at radius 1 is 1.14 bits per heavy atom. The third kappa shape index (κ3) is 5.52. The second kappa shape index (κ2) is 9.03. The van der Waals surface area contributed by atoms with Crippen LogP contribution in [0, 0.1) is 13.8 Å². The van der Waals surface area contributed by atoms with Crippen molar-refractivity contribution in [1.82, 2.24) is 4.90 Å². The maximum Gasteiger partial charge on any atom is 0.117 e. The van der Waals surface area contributed by atoms with E-state index in [0.717, 1.165) is 37.8 Å². The van der Waals surface area contributed by atoms with Gasteiger partial charge in [-0.15, -0.1) is 11.8 Å². The van der Waals surface area contributed by atoms with E-state index in [0.29, 0.717) is 0 Å². The van der Waals surface area contributed by atoms with Crippen molar-refractivity contribution < 1.29 is 9.15 Å². The second-order valence-corrected chi connectivity index (χ2v) is 6.61. The van der Waals surface area contributed by atoms with Crippen LogP contribution >= 0.6 is 11.8 Å². The number of methoxy groups -OCH3 is 1. The average molecular weight is 319 g/mol. The number of furan rings is 1. The van der Waals surface area contributed by atoms with Gasteiger partial charge in [0.25, 0.3) is 0 Å². The molecule has 1 heterocycles. The smallest absolute Gasteiger partial charge is 0.117 e. The number of nitrogens with zero attached hydrogens (tertiary/aromatic N) is 1. The van der Waals surface area contributed by atoms with E-state index in [1.165, 1.54) is 16.0 Å². The molecule has 0 spiro atoms. The standard InChI is InChI=1S/C18H25NO2S/c1-15-6-7-18(13-16(15)2)22-12-9-19(8-11-20-3)14-17-5-4-10-21-17/h4-7,10,13H,8-9,11-12,14H2,1-3H3. The number of hydrogen-bond acceptors (Lipinski definition) is 4. The highest BCUT2D eigenvalue weighted by atomic mass is 32.2. The van der Waals surface area contributed by atoms with Crippen molar-refractivity contribution in [2.24, 2.45) is 0 Å². The number of rotatable bonds is 9. The first-order valence-corrected chi connectivity index (χ1v) is 8.61. The first-order valence-electron chi connectivity index (χ1n) is 7.63. The lowest BCUT2D eigenvalue weighted by Crippen LogP contribution is -2.29. The van der Waals surface area contributed by atoms with Crippen molar-refractivity contribution in [3.63, 3.8) is 0 Å². The van der Waals surface area contributed by atoms with Gasteiger partial charge in [-0.2, -0.15) is 0 Å². The van der Waals surface area contributed by atoms with E-state index in [1.807, 2.05) is 23.9 Å². The van der Waals surface area contributed by atoms with Gasteiger partial charge in [0.05, 0.1) is 19.4 Å². The number of aryl methyl sites for hydroxylation is 2. The maximum absolute atomic E-state index is 5.45. The summed E-state index contributed by atoms with van der Waals surface area (Å²) in [5.41, 5.74) is 2.71. The molecule has 2 aromatic rings. The summed E-state index contributed by atoms with van der Waals surface area (Å²) in [4.78, 5) is 3.71. The lowest BCUT2D eigenvalue weighted by Gasteiger charge is -2.20. The predicted molar refractivity (Wildman–Crippen MR) is 92.5 cm³/mol. The summed E-state index contributed by atoms with van der Waals surface area (Å²) < 4.78 is 10.7. The summed E-state index contributed by atoms with van der Waals surface area (Å²) in [7, 11) is 1.74. The molecule has 0 aliphatic rings. The van der Waals surface area contributed by atoms with E-state index in [4.69, 9.17) is 9.15 Å². The highest BCUT2D eigenvalue weighted by Crippen LogP contribution is 2.21. The third-order valence-electron chi connectivity index (χ3n) is 3.73. The fourth-order valence-corrected chi connectivity index (χ4v) is 3.22. The van der Waals surface area contributed by atoms with Gasteiger partial charge in [0.15, 0.2) is 0 Å². The Morgan fingerprint density at radius 3 is 2.68 bits per heavy atom. The largest absolute Gasteiger partial charge is 0.468 e. The molecule has 0 saturated carbocycles. The summed E-state index contributed by atoms with van der Waals surface area (Å²) in [5, 5.41) is 0. The van der Waals surface area contributed by atoms with Gasteiger partial charge in [0.2, 0.25) is 0 Å². The quantitative estimate of drug-likeness (QED) is 0.649. The molecule has 4 heteroatoms. The van der Waals surface area contributed by atoms with Gasteiger partial charge >= 0.3 is 0 Å². The molecule has 0 radical (unpaired) electrons. The van der Waals surface area contributed by atoms with Crippen molar-refractivity contribution in [2.45, 2.75) is 25.3 Å². The van der Waals surface area contributed by atoms with Crippen LogP contribution in [0.5, 0.6) is 0 Å². The fourth-order valence-electron chi connectivity index (χ4n) is 2.21. The molecule has 0 fully saturated rings. The minimum Gasteiger partial charge on any atom is -0.468 e. The van der Waals surface area contributed by atoms with Crippen LogP contribution in [-0.2, 0) is 11.3 Å². The van der Waals surface area contributed by atoms with Gasteiger partial charge in [0.1, 0.15) is 5.76 Å². The molecular formula is C18H25NO2S. The molecule has 0 amide bonds. The van der Waals surface area contributed by atoms with Gasteiger partial charge in [-0.25, -0.2) is 0 Å². The molecule has 3 nitrogen and oxygen atoms in total. The summed E-state index contributed by atoms with van der Waals surface area (Å²) in [6.07, 6.45) is 1.73. The normalized spacial score (nSPS) is 11.3. The van der Waals surface area contributed by atoms with E-state index < -0.39 is 0 Å². The predicted octanol–water partition coefficient (Wildman–Crippen LogP) is 4.14. The number of ether oxygens (including phenoxy) is 1. The Hall–Kier alpha value is -1.23. The van der Waals surface area contributed by atoms with Crippen LogP contribution in [0.3, 0.4) is 0 Å². The highest BCUT2D eigenvalue weighted by Gasteiger charge is 2.08. The van der Waals surface area contributed by atoms with Crippen molar-refractivity contribution in [2.75, 3.05) is 32.6 Å². The first-order chi connectivity index (χ1) is 10.7. The summed E-state index contributed by atoms with van der Waals surface area (Å²) in [6, 6.07) is 10.6. The molecule has 1 aromatic carbocycles. The van der Waals surface area contributed by atoms with Gasteiger partial charge in [0, 0.05) is 30.8 Å². The van der Waals surface area contributed by atoms with E-state index in [2.05, 4.69) is 36.9 Å². The second-order valence-electron chi connectivity index (χ2n) is 5.44. The van der Waals surface area contributed by atoms with E-state index >= 15 is 0 Å². The van der Waals surface area contributed by atoms with Crippen LogP contribution in [-0.4, -0.2) is 37.5 Å². The van der Waals surface area contributed by atoms with Crippen LogP contribution in [0.2, 0.25) is 0 Å². The summed E-state index contributed by atoms with van der Waals surface area (Å²) in [5.74, 6) is 2.07. The maximum atomic E-state index is 5.45. The van der Waals surface area contributed by atoms with E-state index in [1.54, 1.807) is 13.4 Å². The van der Waals surface area contributed by atoms with Crippen molar-refractivity contribution in [1.29, 1.82) is 0 Å². The van der Waals surface area contributed by atoms with Crippen molar-refractivity contribution in [3.8, 4) is 0 Å². The zero-order chi connectivity index (χ0) is 15.8. The van der Waals surface area contributed by atoms with E-state index in [9.17, 15) is 0 Å². The molecule has 0 atom stereocenters. The Labute approximate surface area is 137 Å². The lowest BCUT2D eigenvalue weighted by atomic mass is 10.1. The van der Waals surface area contributed by atoms with Gasteiger partial charge in [-0.3, -0.25) is 4.90 Å². The van der Waals surface area contributed by atoms with Gasteiger partial charge in [-0.05, 0) is 49.2 Å². The van der Waals surface area contributed by atoms with Crippen molar-refractivity contribution >= 4 is 11.8 Å². The topological polar surface area (TPSA) is 25.6 Å². The molecule has 0 aliphatic heterocycles. The molecule has 120 valence electrons. The van der Waals surface area contributed by atoms with Crippen LogP contribution < -0.4 is 0 Å². The minimum absolute atomic E-state index is 0.745. The molecule has 22 heavy (non-hydrogen) atoms. The van der Waals surface area contributed by atoms with Crippen LogP contribution in [0.25, 0.3) is 0 Å². The summed E-state index contributed by atoms with van der Waals surface area (Å²) in [6.45, 7) is 7.84. The molecule has 0 bridgehead atoms. The Kier molecular flexibility index (Phi) is 7.03. The van der Waals surface area contributed by atoms with Gasteiger partial charge in [-0.1, -0.05) is 6.07 Å². The number of benzene rings is 1. The highest BCUT2D eigenvalue weighted by molar-refractivity contribution is 7.99. The molecule has 1 aromatic heterocycles. The third-order valence-corrected chi connectivity index (χ3v) is 4.70. The monoisotopic (exact) mass is 319 g/mol. The zero-order valence-corrected chi connectivity index (χ0v) is 14.5. The first kappa shape index (κ1) is 17.1.